The van der Waals surface area contributed by atoms with Gasteiger partial charge in [-0.25, -0.2) is 0 Å². The Balaban J connectivity index is 1.39. The van der Waals surface area contributed by atoms with E-state index in [9.17, 15) is 15.0 Å². The van der Waals surface area contributed by atoms with Crippen molar-refractivity contribution in [2.45, 2.75) is 69.6 Å². The second-order valence-corrected chi connectivity index (χ2v) is 10.4. The first-order chi connectivity index (χ1) is 15.1. The molecule has 0 aromatic heterocycles. The van der Waals surface area contributed by atoms with Crippen LogP contribution in [0.4, 0.5) is 5.69 Å². The fourth-order valence-corrected chi connectivity index (χ4v) is 6.72. The van der Waals surface area contributed by atoms with Crippen LogP contribution in [0.3, 0.4) is 0 Å². The summed E-state index contributed by atoms with van der Waals surface area (Å²) in [6.45, 7) is 4.10. The summed E-state index contributed by atoms with van der Waals surface area (Å²) in [7, 11) is 1.71. The molecule has 0 amide bonds. The van der Waals surface area contributed by atoms with Crippen molar-refractivity contribution in [1.82, 2.24) is 5.32 Å². The van der Waals surface area contributed by atoms with Gasteiger partial charge in [0.15, 0.2) is 6.23 Å². The van der Waals surface area contributed by atoms with Gasteiger partial charge in [-0.05, 0) is 31.2 Å². The van der Waals surface area contributed by atoms with Crippen LogP contribution in [0, 0.1) is 17.8 Å². The molecule has 1 aromatic rings. The van der Waals surface area contributed by atoms with Crippen molar-refractivity contribution in [3.63, 3.8) is 0 Å². The number of fused-ring (bicyclic) bond motifs is 4. The highest BCUT2D eigenvalue weighted by molar-refractivity contribution is 6.33. The van der Waals surface area contributed by atoms with E-state index in [1.54, 1.807) is 25.2 Å². The number of anilines is 1. The summed E-state index contributed by atoms with van der Waals surface area (Å²) < 4.78 is 5.87. The molecule has 0 radical (unpaired) electrons. The Bertz CT molecular complexity index is 970. The van der Waals surface area contributed by atoms with Crippen LogP contribution in [0.5, 0.6) is 0 Å². The molecule has 1 saturated heterocycles. The van der Waals surface area contributed by atoms with Crippen molar-refractivity contribution in [1.29, 1.82) is 0 Å². The monoisotopic (exact) mass is 462 g/mol. The normalized spacial score (nSPS) is 40.8. The Morgan fingerprint density at radius 2 is 2.12 bits per heavy atom. The number of para-hydroxylation sites is 1. The van der Waals surface area contributed by atoms with Gasteiger partial charge in [-0.15, -0.1) is 0 Å². The number of hydrogen-bond acceptors (Lipinski definition) is 7. The van der Waals surface area contributed by atoms with E-state index >= 15 is 0 Å². The lowest BCUT2D eigenvalue weighted by Crippen LogP contribution is -2.54. The number of nitrogens with one attached hydrogen (secondary N) is 1. The van der Waals surface area contributed by atoms with E-state index in [2.05, 4.69) is 18.3 Å². The second-order valence-electron chi connectivity index (χ2n) is 10.0. The van der Waals surface area contributed by atoms with Crippen molar-refractivity contribution in [2.75, 3.05) is 12.1 Å². The van der Waals surface area contributed by atoms with Gasteiger partial charge < -0.3 is 14.9 Å². The van der Waals surface area contributed by atoms with Crippen LogP contribution in [-0.4, -0.2) is 41.3 Å². The van der Waals surface area contributed by atoms with Gasteiger partial charge >= 0.3 is 5.97 Å². The predicted molar refractivity (Wildman–Crippen MR) is 120 cm³/mol. The molecule has 1 aromatic carbocycles. The molecule has 2 aliphatic carbocycles. The number of hydroxylamine groups is 1. The molecule has 4 unspecified atom stereocenters. The number of rotatable bonds is 2. The largest absolute Gasteiger partial charge is 0.431 e. The van der Waals surface area contributed by atoms with Crippen LogP contribution in [-0.2, 0) is 20.0 Å². The smallest absolute Gasteiger partial charge is 0.325 e. The molecule has 5 rings (SSSR count). The molecule has 7 nitrogen and oxygen atoms in total. The fourth-order valence-electron chi connectivity index (χ4n) is 6.43. The van der Waals surface area contributed by atoms with Gasteiger partial charge in [0, 0.05) is 31.4 Å². The van der Waals surface area contributed by atoms with Crippen molar-refractivity contribution >= 4 is 23.3 Å². The van der Waals surface area contributed by atoms with E-state index in [0.29, 0.717) is 22.7 Å². The standard InChI is InChI=1S/C24H31ClN2O5/c1-13-10-15-7-4-6-14(2)19(15)24(30,11-13)31-21(28)18-12-23(29)16-8-5-9-17(25)20(16)27(3)32-22(23)26-18/h5,8-10,14-15,18-19,22,26,29-30H,4,6-7,11-12H2,1-3H3/t14?,15?,18-,19?,22+,23+,24?/m0/s1. The Morgan fingerprint density at radius 1 is 1.34 bits per heavy atom. The Kier molecular flexibility index (Phi) is 5.34. The van der Waals surface area contributed by atoms with Gasteiger partial charge in [-0.2, -0.15) is 0 Å². The third-order valence-electron chi connectivity index (χ3n) is 7.72. The maximum Gasteiger partial charge on any atom is 0.325 e. The first-order valence-electron chi connectivity index (χ1n) is 11.4. The van der Waals surface area contributed by atoms with Crippen molar-refractivity contribution in [3.8, 4) is 0 Å². The summed E-state index contributed by atoms with van der Waals surface area (Å²) in [5, 5.41) is 28.1. The number of carbonyl (C=O) groups excluding carboxylic acids is 1. The molecular weight excluding hydrogens is 432 g/mol. The second kappa shape index (κ2) is 7.71. The molecule has 2 heterocycles. The molecule has 7 atom stereocenters. The number of esters is 1. The van der Waals surface area contributed by atoms with Gasteiger partial charge in [-0.3, -0.25) is 20.0 Å². The zero-order valence-electron chi connectivity index (χ0n) is 18.7. The Labute approximate surface area is 193 Å². The third kappa shape index (κ3) is 3.37. The summed E-state index contributed by atoms with van der Waals surface area (Å²) in [4.78, 5) is 19.1. The molecule has 8 heteroatoms. The lowest BCUT2D eigenvalue weighted by atomic mass is 9.64. The van der Waals surface area contributed by atoms with Gasteiger partial charge in [0.2, 0.25) is 5.79 Å². The summed E-state index contributed by atoms with van der Waals surface area (Å²) in [5.74, 6) is -1.78. The van der Waals surface area contributed by atoms with Gasteiger partial charge in [0.05, 0.1) is 10.7 Å². The van der Waals surface area contributed by atoms with Crippen molar-refractivity contribution in [2.24, 2.45) is 17.8 Å². The SMILES string of the molecule is CC1=CC2CCCC(C)C2C(O)(OC(=O)[C@@H]2C[C@@]3(O)c4cccc(Cl)c4N(C)O[C@H]3N2)C1. The highest BCUT2D eigenvalue weighted by atomic mass is 35.5. The highest BCUT2D eigenvalue weighted by Gasteiger charge is 2.57. The average Bonchev–Trinajstić information content (AvgIpc) is 3.05. The summed E-state index contributed by atoms with van der Waals surface area (Å²) in [5.41, 5.74) is 0.773. The number of aliphatic hydroxyl groups is 2. The number of hydrogen-bond donors (Lipinski definition) is 3. The van der Waals surface area contributed by atoms with Crippen molar-refractivity contribution in [3.05, 3.63) is 40.4 Å². The third-order valence-corrected chi connectivity index (χ3v) is 8.02. The van der Waals surface area contributed by atoms with E-state index in [1.165, 1.54) is 5.06 Å². The molecule has 32 heavy (non-hydrogen) atoms. The Hall–Kier alpha value is -1.64. The predicted octanol–water partition coefficient (Wildman–Crippen LogP) is 3.23. The number of ether oxygens (including phenoxy) is 1. The molecule has 2 fully saturated rings. The Morgan fingerprint density at radius 3 is 2.91 bits per heavy atom. The molecule has 2 aliphatic heterocycles. The highest BCUT2D eigenvalue weighted by Crippen LogP contribution is 2.50. The minimum Gasteiger partial charge on any atom is -0.431 e. The maximum atomic E-state index is 13.3. The van der Waals surface area contributed by atoms with Crippen LogP contribution in [0.25, 0.3) is 0 Å². The number of carbonyl (C=O) groups is 1. The zero-order valence-corrected chi connectivity index (χ0v) is 19.4. The molecule has 0 bridgehead atoms. The summed E-state index contributed by atoms with van der Waals surface area (Å²) in [6, 6.07) is 4.47. The maximum absolute atomic E-state index is 13.3. The fraction of sp³-hybridized carbons (Fsp3) is 0.625. The number of benzene rings is 1. The molecule has 3 N–H and O–H groups in total. The minimum atomic E-state index is -1.54. The zero-order chi connectivity index (χ0) is 22.8. The van der Waals surface area contributed by atoms with E-state index in [-0.39, 0.29) is 24.2 Å². The van der Waals surface area contributed by atoms with Crippen molar-refractivity contribution < 1.29 is 24.6 Å². The van der Waals surface area contributed by atoms with Gasteiger partial charge in [0.1, 0.15) is 11.6 Å². The lowest BCUT2D eigenvalue weighted by Gasteiger charge is -2.48. The van der Waals surface area contributed by atoms with Crippen LogP contribution in [0.15, 0.2) is 29.8 Å². The number of allylic oxidation sites excluding steroid dienone is 1. The van der Waals surface area contributed by atoms with Gasteiger partial charge in [0.25, 0.3) is 0 Å². The molecule has 174 valence electrons. The van der Waals surface area contributed by atoms with Crippen LogP contribution in [0.1, 0.15) is 51.5 Å². The number of halogens is 1. The summed E-state index contributed by atoms with van der Waals surface area (Å²) >= 11 is 6.34. The molecule has 1 saturated carbocycles. The van der Waals surface area contributed by atoms with E-state index in [0.717, 1.165) is 24.8 Å². The minimum absolute atomic E-state index is 0.0617. The summed E-state index contributed by atoms with van der Waals surface area (Å²) in [6.07, 6.45) is 4.89. The van der Waals surface area contributed by atoms with Crippen LogP contribution >= 0.6 is 11.6 Å². The lowest BCUT2D eigenvalue weighted by molar-refractivity contribution is -0.252. The van der Waals surface area contributed by atoms with E-state index in [1.807, 2.05) is 6.92 Å². The first-order valence-corrected chi connectivity index (χ1v) is 11.8. The van der Waals surface area contributed by atoms with Crippen LogP contribution < -0.4 is 10.4 Å². The van der Waals surface area contributed by atoms with Gasteiger partial charge in [-0.1, -0.05) is 55.1 Å². The van der Waals surface area contributed by atoms with E-state index in [4.69, 9.17) is 21.2 Å². The first kappa shape index (κ1) is 22.2. The molecule has 4 aliphatic rings. The quantitative estimate of drug-likeness (QED) is 0.353. The van der Waals surface area contributed by atoms with E-state index < -0.39 is 29.6 Å². The average molecular weight is 463 g/mol. The molecule has 0 spiro atoms. The van der Waals surface area contributed by atoms with Crippen LogP contribution in [0.2, 0.25) is 5.02 Å². The topological polar surface area (TPSA) is 91.3 Å². The molecular formula is C24H31ClN2O5. The number of nitrogens with zero attached hydrogens (tertiary/aromatic N) is 1.